The van der Waals surface area contributed by atoms with E-state index in [0.29, 0.717) is 6.42 Å². The molecule has 1 atom stereocenters. The molecule has 2 aliphatic carbocycles. The normalized spacial score (nSPS) is 21.5. The molecule has 2 aliphatic rings. The van der Waals surface area contributed by atoms with Gasteiger partial charge in [0.15, 0.2) is 5.78 Å². The van der Waals surface area contributed by atoms with Crippen LogP contribution in [0.15, 0.2) is 30.7 Å². The summed E-state index contributed by atoms with van der Waals surface area (Å²) in [6.07, 6.45) is 6.52. The molecule has 1 unspecified atom stereocenters. The number of aryl methyl sites for hydroxylation is 1. The van der Waals surface area contributed by atoms with Crippen molar-refractivity contribution >= 4 is 30.6 Å². The van der Waals surface area contributed by atoms with Gasteiger partial charge in [0.2, 0.25) is 0 Å². The van der Waals surface area contributed by atoms with E-state index in [1.54, 1.807) is 24.5 Å². The first-order chi connectivity index (χ1) is 9.68. The summed E-state index contributed by atoms with van der Waals surface area (Å²) >= 11 is 0. The smallest absolute Gasteiger partial charge is 0.164 e. The van der Waals surface area contributed by atoms with Crippen molar-refractivity contribution in [1.29, 1.82) is 0 Å². The van der Waals surface area contributed by atoms with E-state index in [2.05, 4.69) is 9.97 Å². The number of aromatic hydroxyl groups is 1. The minimum Gasteiger partial charge on any atom is -0.508 e. The number of ketones is 1. The molecule has 1 spiro atoms. The Morgan fingerprint density at radius 2 is 2.00 bits per heavy atom. The number of aromatic nitrogens is 2. The van der Waals surface area contributed by atoms with Crippen molar-refractivity contribution in [1.82, 2.24) is 9.97 Å². The van der Waals surface area contributed by atoms with Crippen molar-refractivity contribution < 1.29 is 9.90 Å². The van der Waals surface area contributed by atoms with E-state index in [0.717, 1.165) is 36.1 Å². The minimum atomic E-state index is -0.188. The Balaban J connectivity index is 0.000000882. The van der Waals surface area contributed by atoms with Crippen LogP contribution in [0, 0.1) is 0 Å². The summed E-state index contributed by atoms with van der Waals surface area (Å²) in [5, 5.41) is 9.75. The predicted octanol–water partition coefficient (Wildman–Crippen LogP) is 3.04. The number of benzene rings is 1. The summed E-state index contributed by atoms with van der Waals surface area (Å²) in [6, 6.07) is 5.10. The van der Waals surface area contributed by atoms with E-state index < -0.39 is 0 Å². The Morgan fingerprint density at radius 3 is 2.82 bits per heavy atom. The molecule has 0 saturated heterocycles. The van der Waals surface area contributed by atoms with E-state index in [-0.39, 0.29) is 41.8 Å². The number of carbonyl (C=O) groups is 1. The number of halogens is 2. The molecular formula is C16H16Cl2N2O2. The van der Waals surface area contributed by atoms with Gasteiger partial charge in [-0.15, -0.1) is 24.8 Å². The van der Waals surface area contributed by atoms with Crippen molar-refractivity contribution in [3.8, 4) is 5.75 Å². The highest BCUT2D eigenvalue weighted by Crippen LogP contribution is 2.47. The van der Waals surface area contributed by atoms with Crippen LogP contribution < -0.4 is 0 Å². The van der Waals surface area contributed by atoms with Gasteiger partial charge in [0, 0.05) is 35.7 Å². The van der Waals surface area contributed by atoms with Gasteiger partial charge in [0.1, 0.15) is 12.1 Å². The van der Waals surface area contributed by atoms with Crippen LogP contribution in [-0.4, -0.2) is 20.9 Å². The average Bonchev–Trinajstić information content (AvgIpc) is 2.71. The average molecular weight is 339 g/mol. The van der Waals surface area contributed by atoms with Crippen LogP contribution in [0.2, 0.25) is 0 Å². The van der Waals surface area contributed by atoms with Crippen LogP contribution in [0.25, 0.3) is 0 Å². The quantitative estimate of drug-likeness (QED) is 0.801. The highest BCUT2D eigenvalue weighted by Gasteiger charge is 2.45. The molecule has 0 radical (unpaired) electrons. The van der Waals surface area contributed by atoms with Crippen LogP contribution in [0.4, 0.5) is 0 Å². The molecule has 0 fully saturated rings. The second kappa shape index (κ2) is 5.86. The van der Waals surface area contributed by atoms with Crippen LogP contribution in [0.1, 0.15) is 40.0 Å². The van der Waals surface area contributed by atoms with Gasteiger partial charge in [0.25, 0.3) is 0 Å². The largest absolute Gasteiger partial charge is 0.508 e. The molecule has 0 amide bonds. The number of rotatable bonds is 0. The Labute approximate surface area is 140 Å². The fourth-order valence-corrected chi connectivity index (χ4v) is 3.63. The van der Waals surface area contributed by atoms with Crippen molar-refractivity contribution in [2.45, 2.75) is 31.1 Å². The van der Waals surface area contributed by atoms with Gasteiger partial charge >= 0.3 is 0 Å². The predicted molar refractivity (Wildman–Crippen MR) is 87.3 cm³/mol. The lowest BCUT2D eigenvalue weighted by atomic mass is 9.70. The summed E-state index contributed by atoms with van der Waals surface area (Å²) in [6.45, 7) is 0. The summed E-state index contributed by atoms with van der Waals surface area (Å²) in [5.74, 6) is 0.406. The Bertz CT molecular complexity index is 736. The first kappa shape index (κ1) is 16.7. The summed E-state index contributed by atoms with van der Waals surface area (Å²) < 4.78 is 0. The van der Waals surface area contributed by atoms with Crippen LogP contribution in [-0.2, 0) is 18.3 Å². The highest BCUT2D eigenvalue weighted by atomic mass is 35.5. The topological polar surface area (TPSA) is 63.1 Å². The van der Waals surface area contributed by atoms with E-state index in [1.807, 2.05) is 6.20 Å². The van der Waals surface area contributed by atoms with Gasteiger partial charge in [-0.1, -0.05) is 0 Å². The third-order valence-corrected chi connectivity index (χ3v) is 4.63. The fourth-order valence-electron chi connectivity index (χ4n) is 3.63. The van der Waals surface area contributed by atoms with E-state index in [4.69, 9.17) is 0 Å². The fraction of sp³-hybridized carbons (Fsp3) is 0.312. The van der Waals surface area contributed by atoms with Gasteiger partial charge in [-0.25, -0.2) is 9.97 Å². The second-order valence-corrected chi connectivity index (χ2v) is 5.78. The molecule has 0 bridgehead atoms. The summed E-state index contributed by atoms with van der Waals surface area (Å²) in [5.41, 5.74) is 3.79. The molecule has 22 heavy (non-hydrogen) atoms. The molecule has 4 rings (SSSR count). The summed E-state index contributed by atoms with van der Waals surface area (Å²) in [4.78, 5) is 20.7. The molecule has 6 heteroatoms. The van der Waals surface area contributed by atoms with E-state index in [1.165, 1.54) is 5.56 Å². The molecule has 0 saturated carbocycles. The Kier molecular flexibility index (Phi) is 4.45. The monoisotopic (exact) mass is 338 g/mol. The molecule has 1 aromatic carbocycles. The first-order valence-electron chi connectivity index (χ1n) is 6.82. The summed E-state index contributed by atoms with van der Waals surface area (Å²) in [7, 11) is 0. The standard InChI is InChI=1S/C16H14N2O2.2ClH/c19-11-1-2-12-13(5-11)16(7-15(12)20)4-3-10-8-17-9-18-14(10)6-16;;/h1-2,5,8-9,19H,3-4,6-7H2;2*1H. The maximum absolute atomic E-state index is 12.2. The van der Waals surface area contributed by atoms with Crippen molar-refractivity contribution in [3.05, 3.63) is 53.1 Å². The zero-order valence-electron chi connectivity index (χ0n) is 11.8. The lowest BCUT2D eigenvalue weighted by Crippen LogP contribution is -2.32. The Morgan fingerprint density at radius 1 is 1.18 bits per heavy atom. The molecule has 4 nitrogen and oxygen atoms in total. The van der Waals surface area contributed by atoms with Crippen molar-refractivity contribution in [2.24, 2.45) is 0 Å². The molecule has 1 N–H and O–H groups in total. The first-order valence-corrected chi connectivity index (χ1v) is 6.82. The van der Waals surface area contributed by atoms with Gasteiger partial charge in [-0.2, -0.15) is 0 Å². The van der Waals surface area contributed by atoms with Gasteiger partial charge in [0.05, 0.1) is 0 Å². The van der Waals surface area contributed by atoms with Crippen LogP contribution in [0.5, 0.6) is 5.75 Å². The van der Waals surface area contributed by atoms with E-state index in [9.17, 15) is 9.90 Å². The number of Topliss-reactive ketones (excluding diaryl/α,β-unsaturated/α-hetero) is 1. The number of phenolic OH excluding ortho intramolecular Hbond substituents is 1. The minimum absolute atomic E-state index is 0. The SMILES string of the molecule is Cl.Cl.O=C1CC2(CCc3cncnc3C2)c2cc(O)ccc21. The molecular weight excluding hydrogens is 323 g/mol. The number of fused-ring (bicyclic) bond motifs is 3. The third-order valence-electron chi connectivity index (χ3n) is 4.63. The molecule has 116 valence electrons. The zero-order chi connectivity index (χ0) is 13.7. The van der Waals surface area contributed by atoms with Gasteiger partial charge in [-0.05, 0) is 42.2 Å². The zero-order valence-corrected chi connectivity index (χ0v) is 13.4. The van der Waals surface area contributed by atoms with Gasteiger partial charge in [-0.3, -0.25) is 4.79 Å². The van der Waals surface area contributed by atoms with Crippen molar-refractivity contribution in [2.75, 3.05) is 0 Å². The molecule has 1 heterocycles. The van der Waals surface area contributed by atoms with Crippen molar-refractivity contribution in [3.63, 3.8) is 0 Å². The van der Waals surface area contributed by atoms with Crippen LogP contribution in [0.3, 0.4) is 0 Å². The number of phenols is 1. The maximum Gasteiger partial charge on any atom is 0.164 e. The molecule has 0 aliphatic heterocycles. The third kappa shape index (κ3) is 2.36. The number of nitrogens with zero attached hydrogens (tertiary/aromatic N) is 2. The van der Waals surface area contributed by atoms with E-state index >= 15 is 0 Å². The lowest BCUT2D eigenvalue weighted by Gasteiger charge is -2.34. The maximum atomic E-state index is 12.2. The number of hydrogen-bond acceptors (Lipinski definition) is 4. The molecule has 2 aromatic rings. The van der Waals surface area contributed by atoms with Crippen LogP contribution >= 0.6 is 24.8 Å². The lowest BCUT2D eigenvalue weighted by molar-refractivity contribution is 0.0969. The number of carbonyl (C=O) groups excluding carboxylic acids is 1. The Hall–Kier alpha value is -1.65. The molecule has 1 aromatic heterocycles. The second-order valence-electron chi connectivity index (χ2n) is 5.78. The van der Waals surface area contributed by atoms with Gasteiger partial charge < -0.3 is 5.11 Å². The highest BCUT2D eigenvalue weighted by molar-refractivity contribution is 6.02. The number of hydrogen-bond donors (Lipinski definition) is 1.